The number of pyridine rings is 1. The average Bonchev–Trinajstić information content (AvgIpc) is 3.11. The van der Waals surface area contributed by atoms with Crippen LogP contribution in [0.3, 0.4) is 0 Å². The Balaban J connectivity index is 0.000000233. The zero-order chi connectivity index (χ0) is 19.5. The second kappa shape index (κ2) is 8.31. The Morgan fingerprint density at radius 3 is 2.61 bits per heavy atom. The third kappa shape index (κ3) is 4.19. The lowest BCUT2D eigenvalue weighted by Gasteiger charge is -2.21. The van der Waals surface area contributed by atoms with Gasteiger partial charge in [-0.25, -0.2) is 4.98 Å². The van der Waals surface area contributed by atoms with Crippen LogP contribution in [0.2, 0.25) is 0 Å². The molecular formula is C22H25N5S. The van der Waals surface area contributed by atoms with Crippen LogP contribution in [0.25, 0.3) is 33.3 Å². The number of aromatic amines is 1. The topological polar surface area (TPSA) is 56.8 Å². The summed E-state index contributed by atoms with van der Waals surface area (Å²) in [5, 5.41) is 4.42. The second-order valence-corrected chi connectivity index (χ2v) is 7.72. The van der Waals surface area contributed by atoms with Gasteiger partial charge in [-0.2, -0.15) is 0 Å². The van der Waals surface area contributed by atoms with Crippen molar-refractivity contribution >= 4 is 34.6 Å². The van der Waals surface area contributed by atoms with Gasteiger partial charge in [0.2, 0.25) is 0 Å². The largest absolute Gasteiger partial charge is 0.338 e. The lowest BCUT2D eigenvalue weighted by Crippen LogP contribution is -2.40. The van der Waals surface area contributed by atoms with Crippen LogP contribution >= 0.6 is 12.6 Å². The molecule has 1 saturated heterocycles. The van der Waals surface area contributed by atoms with Crippen molar-refractivity contribution in [2.45, 2.75) is 11.8 Å². The molecular weight excluding hydrogens is 366 g/mol. The average molecular weight is 392 g/mol. The van der Waals surface area contributed by atoms with Crippen LogP contribution in [0.5, 0.6) is 0 Å². The maximum Gasteiger partial charge on any atom is 0.138 e. The van der Waals surface area contributed by atoms with Crippen molar-refractivity contribution < 1.29 is 0 Å². The Kier molecular flexibility index (Phi) is 5.62. The van der Waals surface area contributed by atoms with Gasteiger partial charge in [0, 0.05) is 48.2 Å². The van der Waals surface area contributed by atoms with Crippen molar-refractivity contribution in [2.75, 3.05) is 33.2 Å². The summed E-state index contributed by atoms with van der Waals surface area (Å²) in [5.74, 6) is 0.869. The van der Waals surface area contributed by atoms with Gasteiger partial charge in [-0.15, -0.1) is 12.6 Å². The quantitative estimate of drug-likeness (QED) is 0.431. The van der Waals surface area contributed by atoms with Crippen molar-refractivity contribution in [2.24, 2.45) is 0 Å². The van der Waals surface area contributed by atoms with E-state index < -0.39 is 0 Å². The van der Waals surface area contributed by atoms with Crippen LogP contribution in [0.4, 0.5) is 0 Å². The van der Waals surface area contributed by atoms with Crippen LogP contribution in [-0.4, -0.2) is 53.1 Å². The van der Waals surface area contributed by atoms with Gasteiger partial charge in [0.05, 0.1) is 16.6 Å². The number of rotatable bonds is 1. The van der Waals surface area contributed by atoms with Crippen LogP contribution in [0, 0.1) is 6.92 Å². The van der Waals surface area contributed by atoms with Gasteiger partial charge in [-0.3, -0.25) is 4.98 Å². The third-order valence-electron chi connectivity index (χ3n) is 5.01. The molecule has 0 radical (unpaired) electrons. The molecule has 2 aromatic carbocycles. The predicted molar refractivity (Wildman–Crippen MR) is 119 cm³/mol. The fraction of sp³-hybridized carbons (Fsp3) is 0.273. The van der Waals surface area contributed by atoms with E-state index in [0.717, 1.165) is 51.3 Å². The Morgan fingerprint density at radius 1 is 1.04 bits per heavy atom. The standard InChI is InChI=1S/C17H13N3S.C5H12N2/c1-10-7-11-3-2-6-18-15(11)9-13(10)17-19-14-5-4-12(21)8-16(14)20-17;1-7-4-2-6-3-5-7/h2-9,21H,1H3,(H,19,20);6H,2-5H2,1H3. The molecule has 0 bridgehead atoms. The van der Waals surface area contributed by atoms with Crippen molar-refractivity contribution in [1.29, 1.82) is 0 Å². The highest BCUT2D eigenvalue weighted by Gasteiger charge is 2.10. The first-order chi connectivity index (χ1) is 13.6. The summed E-state index contributed by atoms with van der Waals surface area (Å²) >= 11 is 4.37. The van der Waals surface area contributed by atoms with E-state index in [1.54, 1.807) is 0 Å². The fourth-order valence-electron chi connectivity index (χ4n) is 3.39. The van der Waals surface area contributed by atoms with Crippen LogP contribution in [0.15, 0.2) is 53.6 Å². The van der Waals surface area contributed by atoms with Gasteiger partial charge in [0.1, 0.15) is 5.82 Å². The molecule has 5 rings (SSSR count). The number of imidazole rings is 1. The molecule has 6 heteroatoms. The first-order valence-corrected chi connectivity index (χ1v) is 9.98. The van der Waals surface area contributed by atoms with Crippen molar-refractivity contribution in [1.82, 2.24) is 25.2 Å². The van der Waals surface area contributed by atoms with E-state index in [1.807, 2.05) is 30.5 Å². The van der Waals surface area contributed by atoms with Crippen molar-refractivity contribution in [3.8, 4) is 11.4 Å². The van der Waals surface area contributed by atoms with E-state index in [1.165, 1.54) is 18.7 Å². The molecule has 144 valence electrons. The molecule has 2 N–H and O–H groups in total. The summed E-state index contributed by atoms with van der Waals surface area (Å²) in [6, 6.07) is 14.2. The number of hydrogen-bond acceptors (Lipinski definition) is 5. The van der Waals surface area contributed by atoms with E-state index in [0.29, 0.717) is 0 Å². The number of piperazine rings is 1. The zero-order valence-electron chi connectivity index (χ0n) is 16.2. The zero-order valence-corrected chi connectivity index (χ0v) is 17.1. The number of aromatic nitrogens is 3. The minimum atomic E-state index is 0.869. The lowest BCUT2D eigenvalue weighted by molar-refractivity contribution is 0.291. The molecule has 1 aliphatic rings. The molecule has 0 saturated carbocycles. The number of aryl methyl sites for hydroxylation is 1. The summed E-state index contributed by atoms with van der Waals surface area (Å²) in [7, 11) is 2.15. The fourth-order valence-corrected chi connectivity index (χ4v) is 3.59. The Hall–Kier alpha value is -2.41. The van der Waals surface area contributed by atoms with Gasteiger partial charge in [0.15, 0.2) is 0 Å². The summed E-state index contributed by atoms with van der Waals surface area (Å²) in [4.78, 5) is 15.7. The third-order valence-corrected chi connectivity index (χ3v) is 5.29. The normalized spacial score (nSPS) is 14.8. The molecule has 0 amide bonds. The van der Waals surface area contributed by atoms with E-state index in [-0.39, 0.29) is 0 Å². The molecule has 1 fully saturated rings. The highest BCUT2D eigenvalue weighted by Crippen LogP contribution is 2.27. The molecule has 1 aliphatic heterocycles. The first kappa shape index (κ1) is 18.9. The number of likely N-dealkylation sites (N-methyl/N-ethyl adjacent to an activating group) is 1. The van der Waals surface area contributed by atoms with Gasteiger partial charge in [0.25, 0.3) is 0 Å². The Bertz CT molecular complexity index is 1100. The van der Waals surface area contributed by atoms with E-state index in [9.17, 15) is 0 Å². The number of benzene rings is 2. The minimum Gasteiger partial charge on any atom is -0.338 e. The van der Waals surface area contributed by atoms with E-state index in [2.05, 4.69) is 70.0 Å². The second-order valence-electron chi connectivity index (χ2n) is 7.20. The van der Waals surface area contributed by atoms with Crippen LogP contribution < -0.4 is 5.32 Å². The molecule has 0 spiro atoms. The molecule has 0 aliphatic carbocycles. The predicted octanol–water partition coefficient (Wildman–Crippen LogP) is 3.90. The molecule has 0 atom stereocenters. The molecule has 3 heterocycles. The number of thiol groups is 1. The number of hydrogen-bond donors (Lipinski definition) is 3. The van der Waals surface area contributed by atoms with Crippen molar-refractivity contribution in [3.05, 3.63) is 54.2 Å². The van der Waals surface area contributed by atoms with E-state index >= 15 is 0 Å². The van der Waals surface area contributed by atoms with Gasteiger partial charge >= 0.3 is 0 Å². The number of nitrogens with zero attached hydrogens (tertiary/aromatic N) is 3. The molecule has 0 unspecified atom stereocenters. The summed E-state index contributed by atoms with van der Waals surface area (Å²) < 4.78 is 0. The highest BCUT2D eigenvalue weighted by molar-refractivity contribution is 7.80. The number of H-pyrrole nitrogens is 1. The maximum atomic E-state index is 4.67. The molecule has 5 nitrogen and oxygen atoms in total. The van der Waals surface area contributed by atoms with Crippen LogP contribution in [0.1, 0.15) is 5.56 Å². The summed E-state index contributed by atoms with van der Waals surface area (Å²) in [5.41, 5.74) is 5.19. The number of fused-ring (bicyclic) bond motifs is 2. The maximum absolute atomic E-state index is 4.67. The lowest BCUT2D eigenvalue weighted by atomic mass is 10.0. The molecule has 28 heavy (non-hydrogen) atoms. The SMILES string of the molecule is CN1CCNCC1.Cc1cc2cccnc2cc1-c1nc2ccc(S)cc2[nH]1. The van der Waals surface area contributed by atoms with E-state index in [4.69, 9.17) is 0 Å². The number of nitrogens with one attached hydrogen (secondary N) is 2. The monoisotopic (exact) mass is 391 g/mol. The summed E-state index contributed by atoms with van der Waals surface area (Å²) in [6.07, 6.45) is 1.81. The summed E-state index contributed by atoms with van der Waals surface area (Å²) in [6.45, 7) is 6.84. The molecule has 2 aromatic heterocycles. The first-order valence-electron chi connectivity index (χ1n) is 9.54. The van der Waals surface area contributed by atoms with Crippen LogP contribution in [-0.2, 0) is 0 Å². The van der Waals surface area contributed by atoms with Gasteiger partial charge in [-0.1, -0.05) is 6.07 Å². The van der Waals surface area contributed by atoms with Crippen molar-refractivity contribution in [3.63, 3.8) is 0 Å². The Morgan fingerprint density at radius 2 is 1.86 bits per heavy atom. The Labute approximate surface area is 170 Å². The molecule has 4 aromatic rings. The highest BCUT2D eigenvalue weighted by atomic mass is 32.1. The minimum absolute atomic E-state index is 0.869. The van der Waals surface area contributed by atoms with Gasteiger partial charge < -0.3 is 15.2 Å². The van der Waals surface area contributed by atoms with Gasteiger partial charge in [-0.05, 0) is 55.9 Å². The smallest absolute Gasteiger partial charge is 0.138 e.